The van der Waals surface area contributed by atoms with Crippen molar-refractivity contribution in [1.82, 2.24) is 10.2 Å². The molecule has 1 N–H and O–H groups in total. The highest BCUT2D eigenvalue weighted by molar-refractivity contribution is 7.92. The van der Waals surface area contributed by atoms with Crippen molar-refractivity contribution in [2.24, 2.45) is 5.92 Å². The van der Waals surface area contributed by atoms with Crippen LogP contribution < -0.4 is 14.4 Å². The van der Waals surface area contributed by atoms with Crippen molar-refractivity contribution in [2.75, 3.05) is 30.8 Å². The quantitative estimate of drug-likeness (QED) is 0.494. The van der Waals surface area contributed by atoms with E-state index in [1.54, 1.807) is 24.3 Å². The minimum atomic E-state index is -3.77. The van der Waals surface area contributed by atoms with Gasteiger partial charge >= 0.3 is 0 Å². The number of carbonyl (C=O) groups is 2. The van der Waals surface area contributed by atoms with Gasteiger partial charge in [0.15, 0.2) is 0 Å². The van der Waals surface area contributed by atoms with E-state index in [2.05, 4.69) is 5.32 Å². The maximum absolute atomic E-state index is 13.6. The molecular weight excluding hydrogens is 454 g/mol. The molecule has 0 radical (unpaired) electrons. The Kier molecular flexibility index (Phi) is 9.92. The van der Waals surface area contributed by atoms with Crippen LogP contribution in [0.2, 0.25) is 0 Å². The van der Waals surface area contributed by atoms with E-state index in [4.69, 9.17) is 4.74 Å². The molecule has 186 valence electrons. The summed E-state index contributed by atoms with van der Waals surface area (Å²) >= 11 is 0. The normalized spacial score (nSPS) is 12.2. The van der Waals surface area contributed by atoms with E-state index in [0.717, 1.165) is 16.1 Å². The summed E-state index contributed by atoms with van der Waals surface area (Å²) in [5.74, 6) is 0.116. The van der Waals surface area contributed by atoms with Crippen molar-refractivity contribution in [3.05, 3.63) is 60.2 Å². The Hall–Kier alpha value is -3.07. The third kappa shape index (κ3) is 7.76. The Morgan fingerprint density at radius 2 is 1.65 bits per heavy atom. The van der Waals surface area contributed by atoms with Crippen molar-refractivity contribution in [2.45, 2.75) is 39.8 Å². The fourth-order valence-corrected chi connectivity index (χ4v) is 4.33. The Morgan fingerprint density at radius 3 is 2.15 bits per heavy atom. The molecule has 2 aromatic rings. The number of anilines is 1. The third-order valence-electron chi connectivity index (χ3n) is 5.31. The first-order valence-corrected chi connectivity index (χ1v) is 13.1. The minimum absolute atomic E-state index is 0.188. The summed E-state index contributed by atoms with van der Waals surface area (Å²) in [6.07, 6.45) is 1.45. The van der Waals surface area contributed by atoms with Crippen LogP contribution in [-0.2, 0) is 26.2 Å². The van der Waals surface area contributed by atoms with E-state index in [0.29, 0.717) is 24.4 Å². The van der Waals surface area contributed by atoms with Crippen LogP contribution in [0.3, 0.4) is 0 Å². The van der Waals surface area contributed by atoms with Gasteiger partial charge < -0.3 is 15.0 Å². The topological polar surface area (TPSA) is 96.0 Å². The van der Waals surface area contributed by atoms with Crippen LogP contribution in [0, 0.1) is 5.92 Å². The number of benzene rings is 2. The van der Waals surface area contributed by atoms with Gasteiger partial charge in [0.05, 0.1) is 19.1 Å². The minimum Gasteiger partial charge on any atom is -0.497 e. The summed E-state index contributed by atoms with van der Waals surface area (Å²) in [6.45, 7) is 6.08. The van der Waals surface area contributed by atoms with E-state index in [-0.39, 0.29) is 18.4 Å². The van der Waals surface area contributed by atoms with Gasteiger partial charge in [0.25, 0.3) is 0 Å². The van der Waals surface area contributed by atoms with Crippen LogP contribution in [0.1, 0.15) is 32.8 Å². The zero-order valence-corrected chi connectivity index (χ0v) is 21.3. The number of carbonyl (C=O) groups excluding carboxylic acids is 2. The van der Waals surface area contributed by atoms with Gasteiger partial charge in [0, 0.05) is 13.1 Å². The molecule has 8 nitrogen and oxygen atoms in total. The average Bonchev–Trinajstić information content (AvgIpc) is 2.81. The van der Waals surface area contributed by atoms with Crippen LogP contribution in [-0.4, -0.2) is 57.6 Å². The number of sulfonamides is 1. The SMILES string of the molecule is CC[C@@H](C(=O)NCC(C)C)N(Cc1ccccc1)C(=O)CN(c1ccc(OC)cc1)S(C)(=O)=O. The number of hydrogen-bond donors (Lipinski definition) is 1. The Balaban J connectivity index is 2.38. The second-order valence-corrected chi connectivity index (χ2v) is 10.4. The first-order chi connectivity index (χ1) is 16.1. The predicted molar refractivity (Wildman–Crippen MR) is 134 cm³/mol. The first-order valence-electron chi connectivity index (χ1n) is 11.3. The highest BCUT2D eigenvalue weighted by atomic mass is 32.2. The van der Waals surface area contributed by atoms with E-state index >= 15 is 0 Å². The van der Waals surface area contributed by atoms with Crippen molar-refractivity contribution in [3.8, 4) is 5.75 Å². The number of rotatable bonds is 12. The molecule has 2 rings (SSSR count). The molecule has 0 aliphatic heterocycles. The van der Waals surface area contributed by atoms with Crippen LogP contribution in [0.4, 0.5) is 5.69 Å². The lowest BCUT2D eigenvalue weighted by molar-refractivity contribution is -0.140. The number of ether oxygens (including phenoxy) is 1. The molecule has 0 spiro atoms. The van der Waals surface area contributed by atoms with E-state index < -0.39 is 28.5 Å². The molecule has 0 saturated heterocycles. The smallest absolute Gasteiger partial charge is 0.244 e. The van der Waals surface area contributed by atoms with Crippen LogP contribution >= 0.6 is 0 Å². The number of amides is 2. The monoisotopic (exact) mass is 489 g/mol. The second-order valence-electron chi connectivity index (χ2n) is 8.54. The van der Waals surface area contributed by atoms with Crippen molar-refractivity contribution in [3.63, 3.8) is 0 Å². The molecule has 9 heteroatoms. The highest BCUT2D eigenvalue weighted by Crippen LogP contribution is 2.22. The van der Waals surface area contributed by atoms with Gasteiger partial charge in [-0.2, -0.15) is 0 Å². The predicted octanol–water partition coefficient (Wildman–Crippen LogP) is 3.04. The molecule has 2 amide bonds. The zero-order chi connectivity index (χ0) is 25.3. The summed E-state index contributed by atoms with van der Waals surface area (Å²) < 4.78 is 31.4. The number of hydrogen-bond acceptors (Lipinski definition) is 5. The van der Waals surface area contributed by atoms with Crippen molar-refractivity contribution in [1.29, 1.82) is 0 Å². The van der Waals surface area contributed by atoms with Crippen LogP contribution in [0.15, 0.2) is 54.6 Å². The fraction of sp³-hybridized carbons (Fsp3) is 0.440. The molecule has 1 atom stereocenters. The highest BCUT2D eigenvalue weighted by Gasteiger charge is 2.31. The van der Waals surface area contributed by atoms with Crippen molar-refractivity contribution < 1.29 is 22.7 Å². The molecule has 0 saturated carbocycles. The lowest BCUT2D eigenvalue weighted by Gasteiger charge is -2.33. The molecule has 0 fully saturated rings. The molecular formula is C25H35N3O5S. The van der Waals surface area contributed by atoms with Gasteiger partial charge in [-0.3, -0.25) is 13.9 Å². The lowest BCUT2D eigenvalue weighted by Crippen LogP contribution is -2.52. The summed E-state index contributed by atoms with van der Waals surface area (Å²) in [7, 11) is -2.25. The van der Waals surface area contributed by atoms with Gasteiger partial charge in [-0.05, 0) is 42.2 Å². The maximum atomic E-state index is 13.6. The van der Waals surface area contributed by atoms with Crippen LogP contribution in [0.25, 0.3) is 0 Å². The average molecular weight is 490 g/mol. The molecule has 34 heavy (non-hydrogen) atoms. The summed E-state index contributed by atoms with van der Waals surface area (Å²) in [6, 6.07) is 15.0. The van der Waals surface area contributed by atoms with Crippen molar-refractivity contribution >= 4 is 27.5 Å². The summed E-state index contributed by atoms with van der Waals surface area (Å²) in [4.78, 5) is 28.0. The van der Waals surface area contributed by atoms with Gasteiger partial charge in [-0.25, -0.2) is 8.42 Å². The van der Waals surface area contributed by atoms with Gasteiger partial charge in [-0.1, -0.05) is 51.1 Å². The Morgan fingerprint density at radius 1 is 1.03 bits per heavy atom. The maximum Gasteiger partial charge on any atom is 0.244 e. The molecule has 0 aromatic heterocycles. The third-order valence-corrected chi connectivity index (χ3v) is 6.45. The Bertz CT molecular complexity index is 1040. The second kappa shape index (κ2) is 12.4. The summed E-state index contributed by atoms with van der Waals surface area (Å²) in [5, 5.41) is 2.90. The number of methoxy groups -OCH3 is 1. The van der Waals surface area contributed by atoms with Gasteiger partial charge in [-0.15, -0.1) is 0 Å². The van der Waals surface area contributed by atoms with E-state index in [9.17, 15) is 18.0 Å². The first kappa shape index (κ1) is 27.2. The number of nitrogens with zero attached hydrogens (tertiary/aromatic N) is 2. The standard InChI is InChI=1S/C25H35N3O5S/c1-6-23(25(30)26-16-19(2)3)27(17-20-10-8-7-9-11-20)24(29)18-28(34(5,31)32)21-12-14-22(33-4)15-13-21/h7-15,19,23H,6,16-18H2,1-5H3,(H,26,30)/t23-/m0/s1. The van der Waals surface area contributed by atoms with Crippen LogP contribution in [0.5, 0.6) is 5.75 Å². The molecule has 0 bridgehead atoms. The molecule has 0 unspecified atom stereocenters. The van der Waals surface area contributed by atoms with Gasteiger partial charge in [0.2, 0.25) is 21.8 Å². The largest absolute Gasteiger partial charge is 0.497 e. The van der Waals surface area contributed by atoms with E-state index in [1.165, 1.54) is 12.0 Å². The lowest BCUT2D eigenvalue weighted by atomic mass is 10.1. The molecule has 0 aliphatic carbocycles. The molecule has 2 aromatic carbocycles. The fourth-order valence-electron chi connectivity index (χ4n) is 3.48. The summed E-state index contributed by atoms with van der Waals surface area (Å²) in [5.41, 5.74) is 1.19. The number of nitrogens with one attached hydrogen (secondary N) is 1. The molecule has 0 aliphatic rings. The molecule has 0 heterocycles. The zero-order valence-electron chi connectivity index (χ0n) is 20.5. The Labute approximate surface area is 202 Å². The van der Waals surface area contributed by atoms with E-state index in [1.807, 2.05) is 51.1 Å². The van der Waals surface area contributed by atoms with Gasteiger partial charge in [0.1, 0.15) is 18.3 Å².